The molecule has 100 valence electrons. The minimum atomic E-state index is -0.255. The zero-order valence-corrected chi connectivity index (χ0v) is 10.5. The quantitative estimate of drug-likeness (QED) is 0.876. The molecule has 0 saturated carbocycles. The van der Waals surface area contributed by atoms with E-state index in [0.717, 1.165) is 30.6 Å². The molecular weight excluding hydrogens is 233 g/mol. The molecule has 2 rings (SSSR count). The standard InChI is InChI=1S/C14H20FNO2/c15-13-5-4-11(12(7-13)8-16)9-17-10-14-3-1-2-6-18-14/h4-5,7,14H,1-3,6,8-10,16H2. The molecule has 1 fully saturated rings. The molecule has 0 amide bonds. The van der Waals surface area contributed by atoms with Crippen LogP contribution in [-0.4, -0.2) is 19.3 Å². The highest BCUT2D eigenvalue weighted by molar-refractivity contribution is 5.27. The van der Waals surface area contributed by atoms with Gasteiger partial charge in [0.15, 0.2) is 0 Å². The van der Waals surface area contributed by atoms with Crippen LogP contribution in [0, 0.1) is 5.82 Å². The first-order valence-electron chi connectivity index (χ1n) is 6.46. The Kier molecular flexibility index (Phi) is 5.11. The van der Waals surface area contributed by atoms with Crippen LogP contribution < -0.4 is 5.73 Å². The van der Waals surface area contributed by atoms with Crippen molar-refractivity contribution in [2.24, 2.45) is 5.73 Å². The molecule has 1 atom stereocenters. The largest absolute Gasteiger partial charge is 0.376 e. The lowest BCUT2D eigenvalue weighted by molar-refractivity contribution is -0.0448. The minimum Gasteiger partial charge on any atom is -0.376 e. The lowest BCUT2D eigenvalue weighted by atomic mass is 10.1. The Balaban J connectivity index is 1.82. The molecule has 1 heterocycles. The van der Waals surface area contributed by atoms with E-state index in [2.05, 4.69) is 0 Å². The number of hydrogen-bond acceptors (Lipinski definition) is 3. The molecule has 1 aliphatic rings. The van der Waals surface area contributed by atoms with Crippen molar-refractivity contribution in [2.45, 2.75) is 38.5 Å². The second-order valence-corrected chi connectivity index (χ2v) is 4.62. The van der Waals surface area contributed by atoms with E-state index >= 15 is 0 Å². The maximum atomic E-state index is 13.0. The Hall–Kier alpha value is -0.970. The van der Waals surface area contributed by atoms with E-state index in [9.17, 15) is 4.39 Å². The van der Waals surface area contributed by atoms with Gasteiger partial charge in [0.1, 0.15) is 5.82 Å². The van der Waals surface area contributed by atoms with Gasteiger partial charge in [-0.2, -0.15) is 0 Å². The normalized spacial score (nSPS) is 20.0. The van der Waals surface area contributed by atoms with Crippen LogP contribution in [0.4, 0.5) is 4.39 Å². The molecule has 1 aliphatic heterocycles. The Morgan fingerprint density at radius 2 is 2.22 bits per heavy atom. The average molecular weight is 253 g/mol. The van der Waals surface area contributed by atoms with Crippen molar-refractivity contribution in [3.05, 3.63) is 35.1 Å². The molecule has 2 N–H and O–H groups in total. The van der Waals surface area contributed by atoms with Crippen LogP contribution in [0.15, 0.2) is 18.2 Å². The molecule has 0 aliphatic carbocycles. The van der Waals surface area contributed by atoms with Crippen LogP contribution in [0.3, 0.4) is 0 Å². The number of benzene rings is 1. The maximum absolute atomic E-state index is 13.0. The van der Waals surface area contributed by atoms with Gasteiger partial charge in [-0.15, -0.1) is 0 Å². The van der Waals surface area contributed by atoms with Gasteiger partial charge in [0.2, 0.25) is 0 Å². The molecule has 1 aromatic carbocycles. The molecule has 0 radical (unpaired) electrons. The maximum Gasteiger partial charge on any atom is 0.123 e. The second-order valence-electron chi connectivity index (χ2n) is 4.62. The Morgan fingerprint density at radius 3 is 2.94 bits per heavy atom. The first-order chi connectivity index (χ1) is 8.79. The monoisotopic (exact) mass is 253 g/mol. The van der Waals surface area contributed by atoms with Gasteiger partial charge < -0.3 is 15.2 Å². The first-order valence-corrected chi connectivity index (χ1v) is 6.46. The van der Waals surface area contributed by atoms with Gasteiger partial charge in [-0.25, -0.2) is 4.39 Å². The zero-order chi connectivity index (χ0) is 12.8. The van der Waals surface area contributed by atoms with Gasteiger partial charge in [0, 0.05) is 13.2 Å². The molecule has 0 spiro atoms. The number of ether oxygens (including phenoxy) is 2. The van der Waals surface area contributed by atoms with E-state index < -0.39 is 0 Å². The van der Waals surface area contributed by atoms with E-state index in [1.54, 1.807) is 6.07 Å². The summed E-state index contributed by atoms with van der Waals surface area (Å²) in [6, 6.07) is 4.64. The molecule has 1 aromatic rings. The Bertz CT molecular complexity index is 378. The third-order valence-electron chi connectivity index (χ3n) is 3.22. The smallest absolute Gasteiger partial charge is 0.123 e. The SMILES string of the molecule is NCc1cc(F)ccc1COCC1CCCCO1. The summed E-state index contributed by atoms with van der Waals surface area (Å²) in [7, 11) is 0. The highest BCUT2D eigenvalue weighted by atomic mass is 19.1. The third-order valence-corrected chi connectivity index (χ3v) is 3.22. The van der Waals surface area contributed by atoms with Crippen LogP contribution in [0.2, 0.25) is 0 Å². The predicted molar refractivity (Wildman–Crippen MR) is 67.5 cm³/mol. The average Bonchev–Trinajstić information content (AvgIpc) is 2.41. The van der Waals surface area contributed by atoms with Crippen molar-refractivity contribution in [3.8, 4) is 0 Å². The minimum absolute atomic E-state index is 0.209. The second kappa shape index (κ2) is 6.83. The fraction of sp³-hybridized carbons (Fsp3) is 0.571. The Labute approximate surface area is 107 Å². The van der Waals surface area contributed by atoms with Crippen molar-refractivity contribution in [1.29, 1.82) is 0 Å². The van der Waals surface area contributed by atoms with Gasteiger partial charge in [0.05, 0.1) is 19.3 Å². The third kappa shape index (κ3) is 3.77. The molecule has 1 saturated heterocycles. The highest BCUT2D eigenvalue weighted by Crippen LogP contribution is 2.15. The molecule has 3 nitrogen and oxygen atoms in total. The summed E-state index contributed by atoms with van der Waals surface area (Å²) in [4.78, 5) is 0. The van der Waals surface area contributed by atoms with E-state index in [-0.39, 0.29) is 11.9 Å². The molecular formula is C14H20FNO2. The van der Waals surface area contributed by atoms with Crippen LogP contribution in [0.5, 0.6) is 0 Å². The van der Waals surface area contributed by atoms with Crippen molar-refractivity contribution < 1.29 is 13.9 Å². The fourth-order valence-corrected chi connectivity index (χ4v) is 2.16. The van der Waals surface area contributed by atoms with Crippen molar-refractivity contribution in [1.82, 2.24) is 0 Å². The van der Waals surface area contributed by atoms with Crippen LogP contribution in [0.1, 0.15) is 30.4 Å². The van der Waals surface area contributed by atoms with E-state index in [4.69, 9.17) is 15.2 Å². The molecule has 4 heteroatoms. The summed E-state index contributed by atoms with van der Waals surface area (Å²) < 4.78 is 24.3. The molecule has 1 unspecified atom stereocenters. The van der Waals surface area contributed by atoms with Crippen molar-refractivity contribution in [3.63, 3.8) is 0 Å². The number of hydrogen-bond donors (Lipinski definition) is 1. The van der Waals surface area contributed by atoms with Crippen LogP contribution >= 0.6 is 0 Å². The lowest BCUT2D eigenvalue weighted by Gasteiger charge is -2.22. The van der Waals surface area contributed by atoms with Crippen molar-refractivity contribution >= 4 is 0 Å². The van der Waals surface area contributed by atoms with E-state index in [1.807, 2.05) is 0 Å². The first kappa shape index (κ1) is 13.5. The number of nitrogens with two attached hydrogens (primary N) is 1. The summed E-state index contributed by atoms with van der Waals surface area (Å²) in [5, 5.41) is 0. The van der Waals surface area contributed by atoms with Gasteiger partial charge in [-0.1, -0.05) is 6.07 Å². The van der Waals surface area contributed by atoms with E-state index in [0.29, 0.717) is 19.8 Å². The van der Waals surface area contributed by atoms with E-state index in [1.165, 1.54) is 18.6 Å². The summed E-state index contributed by atoms with van der Waals surface area (Å²) in [5.41, 5.74) is 7.35. The van der Waals surface area contributed by atoms with Crippen molar-refractivity contribution in [2.75, 3.05) is 13.2 Å². The van der Waals surface area contributed by atoms with Gasteiger partial charge in [-0.05, 0) is 42.5 Å². The molecule has 18 heavy (non-hydrogen) atoms. The lowest BCUT2D eigenvalue weighted by Crippen LogP contribution is -2.24. The van der Waals surface area contributed by atoms with Gasteiger partial charge in [0.25, 0.3) is 0 Å². The Morgan fingerprint density at radius 1 is 1.33 bits per heavy atom. The predicted octanol–water partition coefficient (Wildman–Crippen LogP) is 2.37. The van der Waals surface area contributed by atoms with Crippen LogP contribution in [-0.2, 0) is 22.6 Å². The fourth-order valence-electron chi connectivity index (χ4n) is 2.16. The topological polar surface area (TPSA) is 44.5 Å². The highest BCUT2D eigenvalue weighted by Gasteiger charge is 2.14. The number of halogens is 1. The van der Waals surface area contributed by atoms with Gasteiger partial charge in [-0.3, -0.25) is 0 Å². The molecule has 0 bridgehead atoms. The van der Waals surface area contributed by atoms with Crippen LogP contribution in [0.25, 0.3) is 0 Å². The summed E-state index contributed by atoms with van der Waals surface area (Å²) in [5.74, 6) is -0.255. The summed E-state index contributed by atoms with van der Waals surface area (Å²) >= 11 is 0. The summed E-state index contributed by atoms with van der Waals surface area (Å²) in [6.07, 6.45) is 3.62. The zero-order valence-electron chi connectivity index (χ0n) is 10.5. The van der Waals surface area contributed by atoms with Gasteiger partial charge >= 0.3 is 0 Å². The summed E-state index contributed by atoms with van der Waals surface area (Å²) in [6.45, 7) is 2.23. The number of rotatable bonds is 5. The molecule has 0 aromatic heterocycles.